The molecule has 92 valence electrons. The molecule has 2 nitrogen and oxygen atoms in total. The third-order valence-electron chi connectivity index (χ3n) is 3.49. The summed E-state index contributed by atoms with van der Waals surface area (Å²) < 4.78 is 5.93. The minimum Gasteiger partial charge on any atom is -0.388 e. The lowest BCUT2D eigenvalue weighted by Gasteiger charge is -2.14. The monoisotopic (exact) mass is 239 g/mol. The van der Waals surface area contributed by atoms with Crippen molar-refractivity contribution in [2.45, 2.75) is 13.0 Å². The van der Waals surface area contributed by atoms with Crippen LogP contribution in [0.5, 0.6) is 0 Å². The molecule has 0 amide bonds. The second-order valence-electron chi connectivity index (χ2n) is 4.47. The van der Waals surface area contributed by atoms with Gasteiger partial charge in [-0.1, -0.05) is 30.3 Å². The quantitative estimate of drug-likeness (QED) is 0.878. The first-order chi connectivity index (χ1) is 8.85. The summed E-state index contributed by atoms with van der Waals surface area (Å²) in [6.45, 7) is 2.77. The molecule has 0 radical (unpaired) electrons. The van der Waals surface area contributed by atoms with Crippen LogP contribution in [0.3, 0.4) is 0 Å². The Balaban J connectivity index is 2.18. The Labute approximate surface area is 108 Å². The number of rotatable bonds is 3. The first kappa shape index (κ1) is 11.3. The normalized spacial score (nSPS) is 16.2. The van der Waals surface area contributed by atoms with Crippen LogP contribution >= 0.6 is 0 Å². The third-order valence-corrected chi connectivity index (χ3v) is 3.49. The number of ether oxygens (including phenoxy) is 1. The maximum absolute atomic E-state index is 5.93. The van der Waals surface area contributed by atoms with Crippen molar-refractivity contribution in [1.29, 1.82) is 0 Å². The van der Waals surface area contributed by atoms with Crippen molar-refractivity contribution in [3.05, 3.63) is 53.6 Å². The van der Waals surface area contributed by atoms with Crippen LogP contribution in [0.25, 0.3) is 11.1 Å². The summed E-state index contributed by atoms with van der Waals surface area (Å²) in [5, 5.41) is 3.19. The summed E-state index contributed by atoms with van der Waals surface area (Å²) in [6, 6.07) is 15.0. The molecule has 1 atom stereocenters. The Morgan fingerprint density at radius 3 is 2.61 bits per heavy atom. The molecule has 2 aromatic rings. The molecule has 18 heavy (non-hydrogen) atoms. The van der Waals surface area contributed by atoms with Gasteiger partial charge < -0.3 is 10.1 Å². The minimum absolute atomic E-state index is 0.0782. The van der Waals surface area contributed by atoms with Gasteiger partial charge in [0.15, 0.2) is 0 Å². The van der Waals surface area contributed by atoms with E-state index in [9.17, 15) is 0 Å². The van der Waals surface area contributed by atoms with Gasteiger partial charge in [-0.2, -0.15) is 0 Å². The highest BCUT2D eigenvalue weighted by atomic mass is 16.5. The van der Waals surface area contributed by atoms with Gasteiger partial charge in [0.2, 0.25) is 0 Å². The van der Waals surface area contributed by atoms with Crippen LogP contribution in [-0.4, -0.2) is 13.7 Å². The fourth-order valence-electron chi connectivity index (χ4n) is 2.67. The van der Waals surface area contributed by atoms with Crippen molar-refractivity contribution in [3.8, 4) is 11.1 Å². The van der Waals surface area contributed by atoms with Gasteiger partial charge >= 0.3 is 0 Å². The highest BCUT2D eigenvalue weighted by Gasteiger charge is 2.28. The molecule has 1 N–H and O–H groups in total. The smallest absolute Gasteiger partial charge is 0.109 e. The first-order valence-electron chi connectivity index (χ1n) is 6.37. The molecule has 2 heteroatoms. The van der Waals surface area contributed by atoms with Crippen molar-refractivity contribution in [3.63, 3.8) is 0 Å². The SMILES string of the molecule is CCOC1c2ccccc2-c2ccc(NC)cc21. The van der Waals surface area contributed by atoms with Crippen LogP contribution < -0.4 is 5.32 Å². The van der Waals surface area contributed by atoms with E-state index >= 15 is 0 Å². The molecule has 0 heterocycles. The Kier molecular flexibility index (Phi) is 2.80. The topological polar surface area (TPSA) is 21.3 Å². The lowest BCUT2D eigenvalue weighted by Crippen LogP contribution is -2.02. The molecular weight excluding hydrogens is 222 g/mol. The van der Waals surface area contributed by atoms with E-state index in [1.165, 1.54) is 22.3 Å². The van der Waals surface area contributed by atoms with E-state index < -0.39 is 0 Å². The first-order valence-corrected chi connectivity index (χ1v) is 6.37. The molecular formula is C16H17NO. The van der Waals surface area contributed by atoms with Crippen molar-refractivity contribution in [1.82, 2.24) is 0 Å². The molecule has 2 aromatic carbocycles. The number of hydrogen-bond acceptors (Lipinski definition) is 2. The number of benzene rings is 2. The van der Waals surface area contributed by atoms with Crippen molar-refractivity contribution < 1.29 is 4.74 Å². The second kappa shape index (κ2) is 4.46. The molecule has 1 unspecified atom stereocenters. The molecule has 3 rings (SSSR count). The summed E-state index contributed by atoms with van der Waals surface area (Å²) >= 11 is 0. The highest BCUT2D eigenvalue weighted by Crippen LogP contribution is 2.45. The minimum atomic E-state index is 0.0782. The van der Waals surface area contributed by atoms with Crippen LogP contribution in [0.1, 0.15) is 24.2 Å². The number of hydrogen-bond donors (Lipinski definition) is 1. The molecule has 0 spiro atoms. The van der Waals surface area contributed by atoms with Gasteiger partial charge in [0.1, 0.15) is 6.10 Å². The molecule has 0 saturated carbocycles. The second-order valence-corrected chi connectivity index (χ2v) is 4.47. The van der Waals surface area contributed by atoms with Gasteiger partial charge in [0.25, 0.3) is 0 Å². The van der Waals surface area contributed by atoms with E-state index in [0.29, 0.717) is 0 Å². The van der Waals surface area contributed by atoms with E-state index in [4.69, 9.17) is 4.74 Å². The van der Waals surface area contributed by atoms with E-state index in [-0.39, 0.29) is 6.10 Å². The summed E-state index contributed by atoms with van der Waals surface area (Å²) in [7, 11) is 1.94. The molecule has 0 saturated heterocycles. The van der Waals surface area contributed by atoms with Gasteiger partial charge in [-0.05, 0) is 41.3 Å². The Morgan fingerprint density at radius 2 is 1.83 bits per heavy atom. The zero-order chi connectivity index (χ0) is 12.5. The highest BCUT2D eigenvalue weighted by molar-refractivity contribution is 5.79. The van der Waals surface area contributed by atoms with Crippen molar-refractivity contribution >= 4 is 5.69 Å². The molecule has 0 bridgehead atoms. The summed E-state index contributed by atoms with van der Waals surface area (Å²) in [6.07, 6.45) is 0.0782. The van der Waals surface area contributed by atoms with Crippen molar-refractivity contribution in [2.24, 2.45) is 0 Å². The maximum Gasteiger partial charge on any atom is 0.109 e. The Bertz CT molecular complexity index is 577. The van der Waals surface area contributed by atoms with Crippen LogP contribution in [0.4, 0.5) is 5.69 Å². The van der Waals surface area contributed by atoms with Gasteiger partial charge in [-0.25, -0.2) is 0 Å². The summed E-state index contributed by atoms with van der Waals surface area (Å²) in [5.74, 6) is 0. The predicted octanol–water partition coefficient (Wildman–Crippen LogP) is 3.83. The fraction of sp³-hybridized carbons (Fsp3) is 0.250. The standard InChI is InChI=1S/C16H17NO/c1-3-18-16-14-7-5-4-6-12(14)13-9-8-11(17-2)10-15(13)16/h4-10,16-17H,3H2,1-2H3. The van der Waals surface area contributed by atoms with Crippen LogP contribution in [0.2, 0.25) is 0 Å². The van der Waals surface area contributed by atoms with E-state index in [1.807, 2.05) is 14.0 Å². The van der Waals surface area contributed by atoms with Crippen LogP contribution in [0, 0.1) is 0 Å². The number of nitrogens with one attached hydrogen (secondary N) is 1. The fourth-order valence-corrected chi connectivity index (χ4v) is 2.67. The van der Waals surface area contributed by atoms with E-state index in [2.05, 4.69) is 47.8 Å². The maximum atomic E-state index is 5.93. The summed E-state index contributed by atoms with van der Waals surface area (Å²) in [4.78, 5) is 0. The molecule has 1 aliphatic carbocycles. The van der Waals surface area contributed by atoms with Crippen LogP contribution in [-0.2, 0) is 4.74 Å². The number of anilines is 1. The van der Waals surface area contributed by atoms with Gasteiger partial charge in [-0.15, -0.1) is 0 Å². The zero-order valence-electron chi connectivity index (χ0n) is 10.7. The number of fused-ring (bicyclic) bond motifs is 3. The molecule has 0 aromatic heterocycles. The third kappa shape index (κ3) is 1.61. The summed E-state index contributed by atoms with van der Waals surface area (Å²) in [5.41, 5.74) is 6.27. The average molecular weight is 239 g/mol. The Hall–Kier alpha value is -1.80. The van der Waals surface area contributed by atoms with Crippen LogP contribution in [0.15, 0.2) is 42.5 Å². The molecule has 0 aliphatic heterocycles. The van der Waals surface area contributed by atoms with Crippen molar-refractivity contribution in [2.75, 3.05) is 19.0 Å². The Morgan fingerprint density at radius 1 is 1.06 bits per heavy atom. The van der Waals surface area contributed by atoms with Gasteiger partial charge in [0.05, 0.1) is 0 Å². The average Bonchev–Trinajstić information content (AvgIpc) is 2.73. The lowest BCUT2D eigenvalue weighted by atomic mass is 10.1. The molecule has 1 aliphatic rings. The van der Waals surface area contributed by atoms with Gasteiger partial charge in [-0.3, -0.25) is 0 Å². The lowest BCUT2D eigenvalue weighted by molar-refractivity contribution is 0.0945. The molecule has 0 fully saturated rings. The predicted molar refractivity (Wildman–Crippen MR) is 74.9 cm³/mol. The van der Waals surface area contributed by atoms with Gasteiger partial charge in [0, 0.05) is 19.3 Å². The van der Waals surface area contributed by atoms with E-state index in [0.717, 1.165) is 12.3 Å². The largest absolute Gasteiger partial charge is 0.388 e. The zero-order valence-corrected chi connectivity index (χ0v) is 10.7. The van der Waals surface area contributed by atoms with E-state index in [1.54, 1.807) is 0 Å².